The number of ether oxygens (including phenoxy) is 2. The van der Waals surface area contributed by atoms with Gasteiger partial charge in [-0.25, -0.2) is 9.88 Å². The predicted octanol–water partition coefficient (Wildman–Crippen LogP) is 4.62. The summed E-state index contributed by atoms with van der Waals surface area (Å²) < 4.78 is 11.3. The van der Waals surface area contributed by atoms with Crippen molar-refractivity contribution in [3.8, 4) is 11.6 Å². The third kappa shape index (κ3) is 3.28. The molecule has 5 rings (SSSR count). The Morgan fingerprint density at radius 1 is 0.839 bits per heavy atom. The van der Waals surface area contributed by atoms with E-state index >= 15 is 0 Å². The second kappa shape index (κ2) is 7.57. The molecule has 1 aliphatic heterocycles. The molecule has 0 bridgehead atoms. The number of amides is 2. The molecule has 0 saturated heterocycles. The van der Waals surface area contributed by atoms with E-state index in [1.165, 1.54) is 7.11 Å². The van der Waals surface area contributed by atoms with Crippen LogP contribution in [0.2, 0.25) is 0 Å². The lowest BCUT2D eigenvalue weighted by molar-refractivity contribution is 0.0926. The maximum Gasteiger partial charge on any atom is 0.266 e. The summed E-state index contributed by atoms with van der Waals surface area (Å²) in [5.41, 5.74) is 2.62. The number of fused-ring (bicyclic) bond motifs is 2. The van der Waals surface area contributed by atoms with Crippen LogP contribution in [-0.2, 0) is 6.61 Å². The third-order valence-corrected chi connectivity index (χ3v) is 5.22. The molecule has 0 unspecified atom stereocenters. The predicted molar refractivity (Wildman–Crippen MR) is 117 cm³/mol. The molecule has 6 heteroatoms. The molecular weight excluding hydrogens is 392 g/mol. The Hall–Kier alpha value is -4.19. The normalized spacial score (nSPS) is 12.9. The number of anilines is 1. The average molecular weight is 410 g/mol. The molecular formula is C25H18N2O4. The van der Waals surface area contributed by atoms with Gasteiger partial charge in [0.15, 0.2) is 0 Å². The first-order valence-corrected chi connectivity index (χ1v) is 9.79. The third-order valence-electron chi connectivity index (χ3n) is 5.22. The van der Waals surface area contributed by atoms with Crippen LogP contribution < -0.4 is 14.4 Å². The Morgan fingerprint density at radius 2 is 1.52 bits per heavy atom. The minimum Gasteiger partial charge on any atom is -0.497 e. The summed E-state index contributed by atoms with van der Waals surface area (Å²) in [6.07, 6.45) is 0. The van der Waals surface area contributed by atoms with Crippen LogP contribution in [0.4, 0.5) is 5.69 Å². The van der Waals surface area contributed by atoms with E-state index in [9.17, 15) is 9.59 Å². The summed E-state index contributed by atoms with van der Waals surface area (Å²) in [5, 5.41) is 0.734. The quantitative estimate of drug-likeness (QED) is 0.449. The molecule has 0 spiro atoms. The van der Waals surface area contributed by atoms with E-state index < -0.39 is 0 Å². The number of hydrogen-bond acceptors (Lipinski definition) is 5. The molecule has 4 aromatic rings. The van der Waals surface area contributed by atoms with Gasteiger partial charge in [0.2, 0.25) is 5.88 Å². The van der Waals surface area contributed by atoms with Gasteiger partial charge in [-0.2, -0.15) is 0 Å². The van der Waals surface area contributed by atoms with Gasteiger partial charge in [0.1, 0.15) is 12.4 Å². The highest BCUT2D eigenvalue weighted by molar-refractivity contribution is 6.35. The van der Waals surface area contributed by atoms with Gasteiger partial charge in [0.05, 0.1) is 29.4 Å². The molecule has 6 nitrogen and oxygen atoms in total. The summed E-state index contributed by atoms with van der Waals surface area (Å²) in [6, 6.07) is 23.6. The first-order chi connectivity index (χ1) is 15.2. The molecule has 0 atom stereocenters. The Labute approximate surface area is 178 Å². The number of carbonyl (C=O) groups is 2. The molecule has 0 aliphatic carbocycles. The smallest absolute Gasteiger partial charge is 0.266 e. The zero-order chi connectivity index (χ0) is 21.4. The molecule has 0 radical (unpaired) electrons. The van der Waals surface area contributed by atoms with Gasteiger partial charge >= 0.3 is 0 Å². The molecule has 2 amide bonds. The van der Waals surface area contributed by atoms with Crippen molar-refractivity contribution >= 4 is 28.4 Å². The van der Waals surface area contributed by atoms with Gasteiger partial charge in [0, 0.05) is 17.5 Å². The molecule has 3 aromatic carbocycles. The van der Waals surface area contributed by atoms with Crippen LogP contribution in [0.25, 0.3) is 10.9 Å². The first kappa shape index (κ1) is 18.8. The molecule has 1 aromatic heterocycles. The minimum atomic E-state index is -0.382. The van der Waals surface area contributed by atoms with Crippen LogP contribution in [-0.4, -0.2) is 23.9 Å². The number of pyridine rings is 1. The van der Waals surface area contributed by atoms with Crippen molar-refractivity contribution in [3.05, 3.63) is 95.6 Å². The van der Waals surface area contributed by atoms with Crippen molar-refractivity contribution in [2.75, 3.05) is 12.0 Å². The van der Waals surface area contributed by atoms with Gasteiger partial charge in [-0.1, -0.05) is 42.5 Å². The van der Waals surface area contributed by atoms with Gasteiger partial charge in [-0.3, -0.25) is 9.59 Å². The van der Waals surface area contributed by atoms with Gasteiger partial charge in [-0.05, 0) is 29.8 Å². The number of rotatable bonds is 5. The Bertz CT molecular complexity index is 1280. The van der Waals surface area contributed by atoms with E-state index in [1.54, 1.807) is 36.4 Å². The van der Waals surface area contributed by atoms with Crippen LogP contribution in [0, 0.1) is 0 Å². The molecule has 0 fully saturated rings. The lowest BCUT2D eigenvalue weighted by Crippen LogP contribution is -2.29. The standard InChI is InChI=1S/C25H18N2O4/c1-30-18-13-17-11-12-22(31-15-16-7-3-2-4-8-16)26-23(17)21(14-18)27-24(28)19-9-5-6-10-20(19)25(27)29/h2-14H,15H2,1H3. The maximum absolute atomic E-state index is 13.1. The zero-order valence-electron chi connectivity index (χ0n) is 16.7. The number of aromatic nitrogens is 1. The Balaban J connectivity index is 1.58. The van der Waals surface area contributed by atoms with E-state index in [1.807, 2.05) is 42.5 Å². The van der Waals surface area contributed by atoms with Gasteiger partial charge < -0.3 is 9.47 Å². The van der Waals surface area contributed by atoms with Crippen LogP contribution in [0.3, 0.4) is 0 Å². The number of carbonyl (C=O) groups excluding carboxylic acids is 2. The zero-order valence-corrected chi connectivity index (χ0v) is 16.7. The minimum absolute atomic E-state index is 0.359. The summed E-state index contributed by atoms with van der Waals surface area (Å²) in [5.74, 6) is 0.165. The van der Waals surface area contributed by atoms with Crippen LogP contribution >= 0.6 is 0 Å². The largest absolute Gasteiger partial charge is 0.497 e. The van der Waals surface area contributed by atoms with E-state index in [-0.39, 0.29) is 11.8 Å². The van der Waals surface area contributed by atoms with E-state index in [0.29, 0.717) is 40.6 Å². The lowest BCUT2D eigenvalue weighted by atomic mass is 10.1. The van der Waals surface area contributed by atoms with Crippen LogP contribution in [0.15, 0.2) is 78.9 Å². The molecule has 152 valence electrons. The maximum atomic E-state index is 13.1. The summed E-state index contributed by atoms with van der Waals surface area (Å²) in [6.45, 7) is 0.359. The number of nitrogens with zero attached hydrogens (tertiary/aromatic N) is 2. The van der Waals surface area contributed by atoms with E-state index in [0.717, 1.165) is 15.8 Å². The Morgan fingerprint density at radius 3 is 2.19 bits per heavy atom. The van der Waals surface area contributed by atoms with Crippen molar-refractivity contribution in [1.29, 1.82) is 0 Å². The molecule has 2 heterocycles. The number of imide groups is 1. The van der Waals surface area contributed by atoms with Gasteiger partial charge in [0.25, 0.3) is 11.8 Å². The fourth-order valence-corrected chi connectivity index (χ4v) is 3.68. The highest BCUT2D eigenvalue weighted by Crippen LogP contribution is 2.36. The summed E-state index contributed by atoms with van der Waals surface area (Å²) in [4.78, 5) is 31.9. The lowest BCUT2D eigenvalue weighted by Gasteiger charge is -2.18. The van der Waals surface area contributed by atoms with E-state index in [2.05, 4.69) is 4.98 Å². The second-order valence-electron chi connectivity index (χ2n) is 7.13. The van der Waals surface area contributed by atoms with Crippen molar-refractivity contribution < 1.29 is 19.1 Å². The fourth-order valence-electron chi connectivity index (χ4n) is 3.68. The monoisotopic (exact) mass is 410 g/mol. The fraction of sp³-hybridized carbons (Fsp3) is 0.0800. The van der Waals surface area contributed by atoms with E-state index in [4.69, 9.17) is 9.47 Å². The summed E-state index contributed by atoms with van der Waals surface area (Å²) in [7, 11) is 1.54. The molecule has 1 aliphatic rings. The number of methoxy groups -OCH3 is 1. The molecule has 31 heavy (non-hydrogen) atoms. The average Bonchev–Trinajstić information content (AvgIpc) is 3.07. The first-order valence-electron chi connectivity index (χ1n) is 9.79. The topological polar surface area (TPSA) is 68.7 Å². The highest BCUT2D eigenvalue weighted by Gasteiger charge is 2.37. The molecule has 0 saturated carbocycles. The van der Waals surface area contributed by atoms with Crippen LogP contribution in [0.5, 0.6) is 11.6 Å². The van der Waals surface area contributed by atoms with Crippen molar-refractivity contribution in [2.24, 2.45) is 0 Å². The number of benzene rings is 3. The SMILES string of the molecule is COc1cc(N2C(=O)c3ccccc3C2=O)c2nc(OCc3ccccc3)ccc2c1. The highest BCUT2D eigenvalue weighted by atomic mass is 16.5. The number of hydrogen-bond donors (Lipinski definition) is 0. The van der Waals surface area contributed by atoms with Crippen molar-refractivity contribution in [2.45, 2.75) is 6.61 Å². The Kier molecular flexibility index (Phi) is 4.59. The summed E-state index contributed by atoms with van der Waals surface area (Å²) >= 11 is 0. The molecule has 0 N–H and O–H groups in total. The van der Waals surface area contributed by atoms with Crippen molar-refractivity contribution in [3.63, 3.8) is 0 Å². The van der Waals surface area contributed by atoms with Crippen molar-refractivity contribution in [1.82, 2.24) is 4.98 Å². The second-order valence-corrected chi connectivity index (χ2v) is 7.13. The van der Waals surface area contributed by atoms with Gasteiger partial charge in [-0.15, -0.1) is 0 Å². The van der Waals surface area contributed by atoms with Crippen LogP contribution in [0.1, 0.15) is 26.3 Å².